The third-order valence-electron chi connectivity index (χ3n) is 4.46. The Balaban J connectivity index is 1.31. The van der Waals surface area contributed by atoms with E-state index in [1.807, 2.05) is 24.3 Å². The standard InChI is InChI=1S/C18H19N3O3/c22-17(16-6-3-11-23-16)19-12-13-7-9-21(10-8-13)18-20-14-4-1-2-5-15(14)24-18/h1-6,11,13H,7-10,12H2,(H,19,22). The zero-order valence-electron chi connectivity index (χ0n) is 13.3. The maximum Gasteiger partial charge on any atom is 0.298 e. The number of benzene rings is 1. The molecule has 4 rings (SSSR count). The molecule has 1 fully saturated rings. The molecular formula is C18H19N3O3. The Hall–Kier alpha value is -2.76. The Kier molecular flexibility index (Phi) is 3.94. The number of para-hydroxylation sites is 2. The van der Waals surface area contributed by atoms with Gasteiger partial charge in [-0.25, -0.2) is 0 Å². The molecule has 0 atom stereocenters. The first-order valence-electron chi connectivity index (χ1n) is 8.22. The normalized spacial score (nSPS) is 15.8. The first-order valence-corrected chi connectivity index (χ1v) is 8.22. The SMILES string of the molecule is O=C(NCC1CCN(c2nc3ccccc3o2)CC1)c1ccco1. The van der Waals surface area contributed by atoms with Gasteiger partial charge in [-0.15, -0.1) is 0 Å². The van der Waals surface area contributed by atoms with Crippen LogP contribution in [0, 0.1) is 5.92 Å². The van der Waals surface area contributed by atoms with Crippen molar-refractivity contribution in [2.24, 2.45) is 5.92 Å². The minimum atomic E-state index is -0.151. The third kappa shape index (κ3) is 2.99. The number of piperidine rings is 1. The molecule has 0 spiro atoms. The van der Waals surface area contributed by atoms with E-state index in [1.165, 1.54) is 6.26 Å². The first kappa shape index (κ1) is 14.8. The smallest absolute Gasteiger partial charge is 0.298 e. The van der Waals surface area contributed by atoms with Crippen molar-refractivity contribution in [2.75, 3.05) is 24.5 Å². The highest BCUT2D eigenvalue weighted by atomic mass is 16.4. The maximum atomic E-state index is 11.9. The van der Waals surface area contributed by atoms with E-state index < -0.39 is 0 Å². The van der Waals surface area contributed by atoms with Crippen LogP contribution in [-0.2, 0) is 0 Å². The van der Waals surface area contributed by atoms with Gasteiger partial charge >= 0.3 is 0 Å². The molecule has 1 saturated heterocycles. The van der Waals surface area contributed by atoms with E-state index >= 15 is 0 Å². The molecule has 3 heterocycles. The summed E-state index contributed by atoms with van der Waals surface area (Å²) in [4.78, 5) is 18.6. The van der Waals surface area contributed by atoms with Crippen LogP contribution in [0.3, 0.4) is 0 Å². The number of rotatable bonds is 4. The zero-order valence-corrected chi connectivity index (χ0v) is 13.3. The number of furan rings is 1. The first-order chi connectivity index (χ1) is 11.8. The lowest BCUT2D eigenvalue weighted by atomic mass is 9.97. The average molecular weight is 325 g/mol. The third-order valence-corrected chi connectivity index (χ3v) is 4.46. The highest BCUT2D eigenvalue weighted by molar-refractivity contribution is 5.91. The van der Waals surface area contributed by atoms with Crippen molar-refractivity contribution in [3.05, 3.63) is 48.4 Å². The second-order valence-electron chi connectivity index (χ2n) is 6.08. The van der Waals surface area contributed by atoms with Gasteiger partial charge in [-0.1, -0.05) is 12.1 Å². The minimum Gasteiger partial charge on any atom is -0.459 e. The highest BCUT2D eigenvalue weighted by Crippen LogP contribution is 2.26. The predicted molar refractivity (Wildman–Crippen MR) is 90.0 cm³/mol. The van der Waals surface area contributed by atoms with E-state index in [1.54, 1.807) is 12.1 Å². The predicted octanol–water partition coefficient (Wildman–Crippen LogP) is 3.07. The molecule has 6 nitrogen and oxygen atoms in total. The Morgan fingerprint density at radius 3 is 2.79 bits per heavy atom. The molecule has 0 bridgehead atoms. The summed E-state index contributed by atoms with van der Waals surface area (Å²) in [6, 6.07) is 11.9. The summed E-state index contributed by atoms with van der Waals surface area (Å²) in [6.45, 7) is 2.43. The zero-order chi connectivity index (χ0) is 16.4. The Morgan fingerprint density at radius 1 is 1.21 bits per heavy atom. The number of carbonyl (C=O) groups is 1. The van der Waals surface area contributed by atoms with Crippen LogP contribution < -0.4 is 10.2 Å². The number of aromatic nitrogens is 1. The van der Waals surface area contributed by atoms with Crippen molar-refractivity contribution in [3.63, 3.8) is 0 Å². The second kappa shape index (κ2) is 6.39. The average Bonchev–Trinajstić information content (AvgIpc) is 3.29. The molecule has 0 unspecified atom stereocenters. The van der Waals surface area contributed by atoms with Gasteiger partial charge in [-0.2, -0.15) is 4.98 Å². The molecule has 24 heavy (non-hydrogen) atoms. The van der Waals surface area contributed by atoms with Crippen LogP contribution in [0.15, 0.2) is 51.5 Å². The lowest BCUT2D eigenvalue weighted by Crippen LogP contribution is -2.38. The van der Waals surface area contributed by atoms with E-state index in [-0.39, 0.29) is 5.91 Å². The Bertz CT molecular complexity index is 784. The molecule has 2 aromatic heterocycles. The minimum absolute atomic E-state index is 0.151. The lowest BCUT2D eigenvalue weighted by Gasteiger charge is -2.30. The summed E-state index contributed by atoms with van der Waals surface area (Å²) in [5.41, 5.74) is 1.71. The van der Waals surface area contributed by atoms with Gasteiger partial charge in [0.2, 0.25) is 0 Å². The van der Waals surface area contributed by atoms with E-state index in [2.05, 4.69) is 15.2 Å². The van der Waals surface area contributed by atoms with Crippen LogP contribution in [0.1, 0.15) is 23.4 Å². The molecule has 3 aromatic rings. The van der Waals surface area contributed by atoms with Gasteiger partial charge in [-0.05, 0) is 43.0 Å². The van der Waals surface area contributed by atoms with Crippen molar-refractivity contribution >= 4 is 23.0 Å². The maximum absolute atomic E-state index is 11.9. The number of carbonyl (C=O) groups excluding carboxylic acids is 1. The highest BCUT2D eigenvalue weighted by Gasteiger charge is 2.23. The van der Waals surface area contributed by atoms with Crippen LogP contribution in [0.2, 0.25) is 0 Å². The fourth-order valence-corrected chi connectivity index (χ4v) is 3.06. The Morgan fingerprint density at radius 2 is 2.04 bits per heavy atom. The quantitative estimate of drug-likeness (QED) is 0.798. The molecule has 0 aliphatic carbocycles. The van der Waals surface area contributed by atoms with E-state index in [4.69, 9.17) is 8.83 Å². The van der Waals surface area contributed by atoms with Crippen molar-refractivity contribution < 1.29 is 13.6 Å². The molecule has 1 aliphatic heterocycles. The van der Waals surface area contributed by atoms with Crippen molar-refractivity contribution in [3.8, 4) is 0 Å². The number of oxazole rings is 1. The largest absolute Gasteiger partial charge is 0.459 e. The van der Waals surface area contributed by atoms with Crippen LogP contribution >= 0.6 is 0 Å². The Labute approximate surface area is 139 Å². The molecule has 1 amide bonds. The van der Waals surface area contributed by atoms with Gasteiger partial charge in [0.1, 0.15) is 5.52 Å². The van der Waals surface area contributed by atoms with Crippen LogP contribution in [-0.4, -0.2) is 30.5 Å². The summed E-state index contributed by atoms with van der Waals surface area (Å²) in [5, 5.41) is 2.94. The summed E-state index contributed by atoms with van der Waals surface area (Å²) in [7, 11) is 0. The number of fused-ring (bicyclic) bond motifs is 1. The van der Waals surface area contributed by atoms with E-state index in [0.29, 0.717) is 24.2 Å². The van der Waals surface area contributed by atoms with Crippen molar-refractivity contribution in [2.45, 2.75) is 12.8 Å². The topological polar surface area (TPSA) is 71.5 Å². The van der Waals surface area contributed by atoms with Crippen molar-refractivity contribution in [1.82, 2.24) is 10.3 Å². The van der Waals surface area contributed by atoms with Gasteiger partial charge in [0.25, 0.3) is 11.9 Å². The molecule has 1 aromatic carbocycles. The van der Waals surface area contributed by atoms with Gasteiger partial charge in [-0.3, -0.25) is 4.79 Å². The van der Waals surface area contributed by atoms with Crippen LogP contribution in [0.4, 0.5) is 6.01 Å². The van der Waals surface area contributed by atoms with Gasteiger partial charge in [0.05, 0.1) is 6.26 Å². The molecule has 0 radical (unpaired) electrons. The number of nitrogens with zero attached hydrogens (tertiary/aromatic N) is 2. The summed E-state index contributed by atoms with van der Waals surface area (Å²) >= 11 is 0. The lowest BCUT2D eigenvalue weighted by molar-refractivity contribution is 0.0917. The van der Waals surface area contributed by atoms with Crippen molar-refractivity contribution in [1.29, 1.82) is 0 Å². The molecule has 0 saturated carbocycles. The second-order valence-corrected chi connectivity index (χ2v) is 6.08. The summed E-state index contributed by atoms with van der Waals surface area (Å²) in [6.07, 6.45) is 3.50. The number of hydrogen-bond donors (Lipinski definition) is 1. The fourth-order valence-electron chi connectivity index (χ4n) is 3.06. The molecule has 1 aliphatic rings. The number of nitrogens with one attached hydrogen (secondary N) is 1. The summed E-state index contributed by atoms with van der Waals surface area (Å²) < 4.78 is 10.9. The monoisotopic (exact) mass is 325 g/mol. The van der Waals surface area contributed by atoms with Gasteiger partial charge in [0, 0.05) is 19.6 Å². The number of anilines is 1. The fraction of sp³-hybridized carbons (Fsp3) is 0.333. The van der Waals surface area contributed by atoms with Crippen LogP contribution in [0.25, 0.3) is 11.1 Å². The number of amides is 1. The van der Waals surface area contributed by atoms with E-state index in [9.17, 15) is 4.79 Å². The molecule has 6 heteroatoms. The van der Waals surface area contributed by atoms with E-state index in [0.717, 1.165) is 37.0 Å². The van der Waals surface area contributed by atoms with Gasteiger partial charge in [0.15, 0.2) is 11.3 Å². The molecular weight excluding hydrogens is 306 g/mol. The summed E-state index contributed by atoms with van der Waals surface area (Å²) in [5.74, 6) is 0.671. The van der Waals surface area contributed by atoms with Crippen LogP contribution in [0.5, 0.6) is 0 Å². The number of hydrogen-bond acceptors (Lipinski definition) is 5. The molecule has 1 N–H and O–H groups in total. The van der Waals surface area contributed by atoms with Gasteiger partial charge < -0.3 is 19.1 Å². The molecule has 124 valence electrons.